The summed E-state index contributed by atoms with van der Waals surface area (Å²) in [5.74, 6) is 0. The number of rotatable bonds is 0. The van der Waals surface area contributed by atoms with Gasteiger partial charge in [-0.1, -0.05) is 48.5 Å². The first kappa shape index (κ1) is 19.7. The first-order chi connectivity index (χ1) is 7.61. The highest BCUT2D eigenvalue weighted by Crippen LogP contribution is 2.03. The Morgan fingerprint density at radius 1 is 0.444 bits per heavy atom. The second kappa shape index (κ2) is 10.3. The SMILES string of the molecule is Br.Br.Cc1ccccc1C.Cc1ccccc1C. The molecule has 0 aliphatic heterocycles. The van der Waals surface area contributed by atoms with Gasteiger partial charge in [0.2, 0.25) is 0 Å². The summed E-state index contributed by atoms with van der Waals surface area (Å²) in [6.07, 6.45) is 0. The molecule has 2 aromatic rings. The number of benzene rings is 2. The zero-order valence-corrected chi connectivity index (χ0v) is 14.9. The van der Waals surface area contributed by atoms with Crippen molar-refractivity contribution in [3.63, 3.8) is 0 Å². The molecular formula is C16H22Br2. The van der Waals surface area contributed by atoms with Crippen LogP contribution < -0.4 is 0 Å². The van der Waals surface area contributed by atoms with Gasteiger partial charge < -0.3 is 0 Å². The highest BCUT2D eigenvalue weighted by molar-refractivity contribution is 8.93. The molecule has 2 heteroatoms. The summed E-state index contributed by atoms with van der Waals surface area (Å²) in [5, 5.41) is 0. The van der Waals surface area contributed by atoms with E-state index in [1.54, 1.807) is 0 Å². The molecule has 2 aromatic carbocycles. The third-order valence-electron chi connectivity index (χ3n) is 2.85. The number of aryl methyl sites for hydroxylation is 4. The molecule has 0 saturated heterocycles. The fraction of sp³-hybridized carbons (Fsp3) is 0.250. The quantitative estimate of drug-likeness (QED) is 0.550. The van der Waals surface area contributed by atoms with Crippen molar-refractivity contribution < 1.29 is 0 Å². The van der Waals surface area contributed by atoms with E-state index in [9.17, 15) is 0 Å². The molecule has 100 valence electrons. The van der Waals surface area contributed by atoms with E-state index in [0.29, 0.717) is 0 Å². The Morgan fingerprint density at radius 2 is 0.611 bits per heavy atom. The number of halogens is 2. The summed E-state index contributed by atoms with van der Waals surface area (Å²) in [6.45, 7) is 8.48. The van der Waals surface area contributed by atoms with E-state index in [0.717, 1.165) is 0 Å². The predicted molar refractivity (Wildman–Crippen MR) is 92.5 cm³/mol. The zero-order valence-electron chi connectivity index (χ0n) is 11.4. The van der Waals surface area contributed by atoms with Crippen LogP contribution in [0.5, 0.6) is 0 Å². The molecule has 0 aromatic heterocycles. The molecule has 0 fully saturated rings. The number of hydrogen-bond donors (Lipinski definition) is 0. The van der Waals surface area contributed by atoms with Gasteiger partial charge in [0.05, 0.1) is 0 Å². The van der Waals surface area contributed by atoms with Crippen LogP contribution in [0.2, 0.25) is 0 Å². The minimum Gasteiger partial charge on any atom is -0.114 e. The fourth-order valence-corrected chi connectivity index (χ4v) is 1.33. The Kier molecular flexibility index (Phi) is 11.3. The van der Waals surface area contributed by atoms with Crippen LogP contribution in [-0.4, -0.2) is 0 Å². The third kappa shape index (κ3) is 6.97. The Hall–Kier alpha value is -0.600. The van der Waals surface area contributed by atoms with E-state index in [-0.39, 0.29) is 34.0 Å². The van der Waals surface area contributed by atoms with Gasteiger partial charge >= 0.3 is 0 Å². The minimum absolute atomic E-state index is 0. The van der Waals surface area contributed by atoms with Crippen molar-refractivity contribution in [3.8, 4) is 0 Å². The molecule has 2 rings (SSSR count). The summed E-state index contributed by atoms with van der Waals surface area (Å²) >= 11 is 0. The van der Waals surface area contributed by atoms with E-state index < -0.39 is 0 Å². The van der Waals surface area contributed by atoms with Crippen molar-refractivity contribution in [2.75, 3.05) is 0 Å². The molecule has 0 heterocycles. The summed E-state index contributed by atoms with van der Waals surface area (Å²) in [6, 6.07) is 16.7. The van der Waals surface area contributed by atoms with Crippen molar-refractivity contribution in [1.29, 1.82) is 0 Å². The lowest BCUT2D eigenvalue weighted by Crippen LogP contribution is -1.74. The molecular weight excluding hydrogens is 352 g/mol. The normalized spacial score (nSPS) is 8.22. The number of hydrogen-bond acceptors (Lipinski definition) is 0. The Morgan fingerprint density at radius 3 is 0.722 bits per heavy atom. The molecule has 18 heavy (non-hydrogen) atoms. The van der Waals surface area contributed by atoms with Crippen LogP contribution >= 0.6 is 34.0 Å². The first-order valence-corrected chi connectivity index (χ1v) is 5.65. The molecule has 0 saturated carbocycles. The lowest BCUT2D eigenvalue weighted by Gasteiger charge is -1.93. The molecule has 0 atom stereocenters. The van der Waals surface area contributed by atoms with E-state index >= 15 is 0 Å². The summed E-state index contributed by atoms with van der Waals surface area (Å²) in [4.78, 5) is 0. The molecule has 0 amide bonds. The van der Waals surface area contributed by atoms with E-state index in [2.05, 4.69) is 76.2 Å². The summed E-state index contributed by atoms with van der Waals surface area (Å²) in [7, 11) is 0. The second-order valence-corrected chi connectivity index (χ2v) is 4.17. The van der Waals surface area contributed by atoms with Gasteiger partial charge in [0, 0.05) is 0 Å². The molecule has 0 bridgehead atoms. The van der Waals surface area contributed by atoms with Gasteiger partial charge in [-0.2, -0.15) is 0 Å². The van der Waals surface area contributed by atoms with Crippen LogP contribution in [0, 0.1) is 27.7 Å². The third-order valence-corrected chi connectivity index (χ3v) is 2.85. The van der Waals surface area contributed by atoms with Crippen LogP contribution in [0.15, 0.2) is 48.5 Å². The van der Waals surface area contributed by atoms with Gasteiger partial charge in [0.1, 0.15) is 0 Å². The first-order valence-electron chi connectivity index (χ1n) is 5.65. The van der Waals surface area contributed by atoms with Crippen molar-refractivity contribution in [2.24, 2.45) is 0 Å². The Balaban J connectivity index is 0. The van der Waals surface area contributed by atoms with Crippen LogP contribution in [0.25, 0.3) is 0 Å². The van der Waals surface area contributed by atoms with Gasteiger partial charge in [0.25, 0.3) is 0 Å². The summed E-state index contributed by atoms with van der Waals surface area (Å²) in [5.41, 5.74) is 5.47. The molecule has 0 spiro atoms. The van der Waals surface area contributed by atoms with Gasteiger partial charge in [-0.05, 0) is 49.9 Å². The van der Waals surface area contributed by atoms with Gasteiger partial charge in [-0.15, -0.1) is 34.0 Å². The smallest absolute Gasteiger partial charge is 0.0395 e. The molecule has 0 aliphatic carbocycles. The predicted octanol–water partition coefficient (Wildman–Crippen LogP) is 5.76. The van der Waals surface area contributed by atoms with E-state index in [4.69, 9.17) is 0 Å². The lowest BCUT2D eigenvalue weighted by atomic mass is 10.1. The average molecular weight is 374 g/mol. The van der Waals surface area contributed by atoms with Gasteiger partial charge in [-0.3, -0.25) is 0 Å². The standard InChI is InChI=1S/2C8H10.2BrH/c2*1-7-5-3-4-6-8(7)2;;/h2*3-6H,1-2H3;2*1H. The molecule has 0 nitrogen and oxygen atoms in total. The zero-order chi connectivity index (χ0) is 12.0. The van der Waals surface area contributed by atoms with Crippen molar-refractivity contribution >= 4 is 34.0 Å². The lowest BCUT2D eigenvalue weighted by molar-refractivity contribution is 1.34. The topological polar surface area (TPSA) is 0 Å². The van der Waals surface area contributed by atoms with Crippen LogP contribution in [0.4, 0.5) is 0 Å². The van der Waals surface area contributed by atoms with E-state index in [1.165, 1.54) is 22.3 Å². The monoisotopic (exact) mass is 372 g/mol. The van der Waals surface area contributed by atoms with Crippen LogP contribution in [-0.2, 0) is 0 Å². The van der Waals surface area contributed by atoms with Gasteiger partial charge in [0.15, 0.2) is 0 Å². The molecule has 0 N–H and O–H groups in total. The highest BCUT2D eigenvalue weighted by Gasteiger charge is 1.84. The average Bonchev–Trinajstić information content (AvgIpc) is 2.28. The van der Waals surface area contributed by atoms with Gasteiger partial charge in [-0.25, -0.2) is 0 Å². The maximum absolute atomic E-state index is 2.12. The Labute approximate surface area is 132 Å². The van der Waals surface area contributed by atoms with Crippen molar-refractivity contribution in [1.82, 2.24) is 0 Å². The molecule has 0 unspecified atom stereocenters. The largest absolute Gasteiger partial charge is 0.114 e. The minimum atomic E-state index is 0. The molecule has 0 radical (unpaired) electrons. The van der Waals surface area contributed by atoms with Crippen LogP contribution in [0.1, 0.15) is 22.3 Å². The highest BCUT2D eigenvalue weighted by atomic mass is 79.9. The second-order valence-electron chi connectivity index (χ2n) is 4.17. The van der Waals surface area contributed by atoms with E-state index in [1.807, 2.05) is 0 Å². The Bertz CT molecular complexity index is 365. The maximum Gasteiger partial charge on any atom is -0.0395 e. The van der Waals surface area contributed by atoms with Crippen LogP contribution in [0.3, 0.4) is 0 Å². The van der Waals surface area contributed by atoms with Crippen molar-refractivity contribution in [2.45, 2.75) is 27.7 Å². The van der Waals surface area contributed by atoms with Crippen molar-refractivity contribution in [3.05, 3.63) is 70.8 Å². The molecule has 0 aliphatic rings. The summed E-state index contributed by atoms with van der Waals surface area (Å²) < 4.78 is 0. The fourth-order valence-electron chi connectivity index (χ4n) is 1.33. The maximum atomic E-state index is 2.12.